The first kappa shape index (κ1) is 15.4. The van der Waals surface area contributed by atoms with Crippen LogP contribution in [0.1, 0.15) is 12.5 Å². The van der Waals surface area contributed by atoms with Gasteiger partial charge in [0.2, 0.25) is 5.88 Å². The molecule has 0 saturated carbocycles. The van der Waals surface area contributed by atoms with Gasteiger partial charge in [0, 0.05) is 25.7 Å². The van der Waals surface area contributed by atoms with Crippen molar-refractivity contribution in [2.45, 2.75) is 26.1 Å². The molecule has 1 aliphatic heterocycles. The van der Waals surface area contributed by atoms with E-state index in [0.29, 0.717) is 12.4 Å². The molecule has 5 nitrogen and oxygen atoms in total. The van der Waals surface area contributed by atoms with Crippen LogP contribution in [0.4, 0.5) is 19.0 Å². The molecule has 0 aliphatic carbocycles. The molecule has 1 atom stereocenters. The maximum Gasteiger partial charge on any atom is 0.352 e. The summed E-state index contributed by atoms with van der Waals surface area (Å²) in [5.41, 5.74) is -0.351. The Kier molecular flexibility index (Phi) is 3.75. The van der Waals surface area contributed by atoms with Gasteiger partial charge in [0.15, 0.2) is 17.5 Å². The number of hydrogen-bond donors (Lipinski definition) is 0. The number of ether oxygens (including phenoxy) is 1. The summed E-state index contributed by atoms with van der Waals surface area (Å²) in [4.78, 5) is 17.7. The largest absolute Gasteiger partial charge is 0.473 e. The summed E-state index contributed by atoms with van der Waals surface area (Å²) in [6, 6.07) is 3.42. The predicted octanol–water partition coefficient (Wildman–Crippen LogP) is 2.08. The fraction of sp³-hybridized carbons (Fsp3) is 0.333. The van der Waals surface area contributed by atoms with E-state index in [1.54, 1.807) is 6.07 Å². The lowest BCUT2D eigenvalue weighted by Gasteiger charge is -2.16. The van der Waals surface area contributed by atoms with E-state index in [1.807, 2.05) is 18.9 Å². The Labute approximate surface area is 129 Å². The van der Waals surface area contributed by atoms with Crippen molar-refractivity contribution in [3.05, 3.63) is 51.7 Å². The van der Waals surface area contributed by atoms with Crippen molar-refractivity contribution in [1.82, 2.24) is 9.55 Å². The van der Waals surface area contributed by atoms with Crippen molar-refractivity contribution in [3.63, 3.8) is 0 Å². The van der Waals surface area contributed by atoms with Crippen molar-refractivity contribution in [3.8, 4) is 5.88 Å². The molecular formula is C15H14F3N3O2. The minimum atomic E-state index is -1.53. The van der Waals surface area contributed by atoms with Crippen LogP contribution in [0.15, 0.2) is 23.0 Å². The molecule has 0 N–H and O–H groups in total. The van der Waals surface area contributed by atoms with Crippen LogP contribution in [0, 0.1) is 17.5 Å². The first-order valence-electron chi connectivity index (χ1n) is 6.97. The van der Waals surface area contributed by atoms with E-state index in [2.05, 4.69) is 4.98 Å². The molecule has 0 amide bonds. The maximum absolute atomic E-state index is 13.2. The molecule has 1 aromatic carbocycles. The Hall–Kier alpha value is -2.51. The van der Waals surface area contributed by atoms with Crippen LogP contribution in [0.5, 0.6) is 5.88 Å². The molecule has 8 heteroatoms. The van der Waals surface area contributed by atoms with Gasteiger partial charge in [-0.2, -0.15) is 4.98 Å². The van der Waals surface area contributed by atoms with Gasteiger partial charge < -0.3 is 9.64 Å². The highest BCUT2D eigenvalue weighted by Crippen LogP contribution is 2.25. The number of rotatable bonds is 3. The highest BCUT2D eigenvalue weighted by Gasteiger charge is 2.25. The van der Waals surface area contributed by atoms with Crippen LogP contribution in [0.3, 0.4) is 0 Å². The maximum atomic E-state index is 13.2. The lowest BCUT2D eigenvalue weighted by molar-refractivity contribution is 0.289. The fourth-order valence-corrected chi connectivity index (χ4v) is 2.47. The zero-order valence-corrected chi connectivity index (χ0v) is 12.5. The Morgan fingerprint density at radius 2 is 1.91 bits per heavy atom. The van der Waals surface area contributed by atoms with Crippen LogP contribution in [-0.2, 0) is 13.2 Å². The third-order valence-electron chi connectivity index (χ3n) is 3.87. The average molecular weight is 325 g/mol. The van der Waals surface area contributed by atoms with Gasteiger partial charge in [-0.25, -0.2) is 18.0 Å². The molecule has 122 valence electrons. The zero-order chi connectivity index (χ0) is 16.7. The quantitative estimate of drug-likeness (QED) is 0.811. The van der Waals surface area contributed by atoms with Crippen LogP contribution in [0.2, 0.25) is 0 Å². The van der Waals surface area contributed by atoms with E-state index in [0.717, 1.165) is 12.1 Å². The van der Waals surface area contributed by atoms with E-state index in [4.69, 9.17) is 4.74 Å². The van der Waals surface area contributed by atoms with Crippen molar-refractivity contribution in [1.29, 1.82) is 0 Å². The first-order valence-corrected chi connectivity index (χ1v) is 6.97. The minimum absolute atomic E-state index is 0.0485. The smallest absolute Gasteiger partial charge is 0.352 e. The summed E-state index contributed by atoms with van der Waals surface area (Å²) in [5.74, 6) is -3.41. The summed E-state index contributed by atoms with van der Waals surface area (Å²) in [5, 5.41) is 0. The van der Waals surface area contributed by atoms with Crippen LogP contribution in [0.25, 0.3) is 0 Å². The van der Waals surface area contributed by atoms with E-state index >= 15 is 0 Å². The Morgan fingerprint density at radius 1 is 1.26 bits per heavy atom. The van der Waals surface area contributed by atoms with E-state index in [1.165, 1.54) is 4.57 Å². The summed E-state index contributed by atoms with van der Waals surface area (Å²) >= 11 is 0. The van der Waals surface area contributed by atoms with Gasteiger partial charge in [-0.1, -0.05) is 0 Å². The van der Waals surface area contributed by atoms with Crippen LogP contribution < -0.4 is 15.3 Å². The van der Waals surface area contributed by atoms with Crippen molar-refractivity contribution >= 4 is 5.82 Å². The molecule has 3 rings (SSSR count). The number of aromatic nitrogens is 2. The van der Waals surface area contributed by atoms with Gasteiger partial charge in [-0.3, -0.25) is 4.57 Å². The molecule has 0 bridgehead atoms. The van der Waals surface area contributed by atoms with Crippen molar-refractivity contribution in [2.24, 2.45) is 0 Å². The highest BCUT2D eigenvalue weighted by atomic mass is 19.2. The molecule has 2 heterocycles. The molecular weight excluding hydrogens is 311 g/mol. The highest BCUT2D eigenvalue weighted by molar-refractivity contribution is 5.45. The minimum Gasteiger partial charge on any atom is -0.473 e. The Bertz CT molecular complexity index is 799. The number of fused-ring (bicyclic) bond motifs is 1. The molecule has 2 aromatic rings. The van der Waals surface area contributed by atoms with E-state index < -0.39 is 23.1 Å². The monoisotopic (exact) mass is 325 g/mol. The Balaban J connectivity index is 1.83. The normalized spacial score (nSPS) is 16.6. The number of nitrogens with zero attached hydrogens (tertiary/aromatic N) is 3. The van der Waals surface area contributed by atoms with Crippen LogP contribution >= 0.6 is 0 Å². The summed E-state index contributed by atoms with van der Waals surface area (Å²) < 4.78 is 46.1. The van der Waals surface area contributed by atoms with Gasteiger partial charge >= 0.3 is 5.69 Å². The van der Waals surface area contributed by atoms with Crippen LogP contribution in [-0.4, -0.2) is 22.6 Å². The van der Waals surface area contributed by atoms with Gasteiger partial charge in [-0.15, -0.1) is 0 Å². The number of benzene rings is 1. The zero-order valence-electron chi connectivity index (χ0n) is 12.5. The van der Waals surface area contributed by atoms with Gasteiger partial charge in [0.05, 0.1) is 0 Å². The topological polar surface area (TPSA) is 47.4 Å². The second-order valence-corrected chi connectivity index (χ2v) is 5.47. The summed E-state index contributed by atoms with van der Waals surface area (Å²) in [7, 11) is 1.84. The van der Waals surface area contributed by atoms with Gasteiger partial charge in [0.25, 0.3) is 0 Å². The Morgan fingerprint density at radius 3 is 2.57 bits per heavy atom. The standard InChI is InChI=1S/C15H14F3N3O2/c1-8-6-21-13(20(8)2)5-12(19-15(21)22)23-7-9-3-10(16)14(18)11(17)4-9/h3-5,8H,6-7H2,1-2H3/t8-/m0/s1. The van der Waals surface area contributed by atoms with E-state index in [-0.39, 0.29) is 24.1 Å². The second-order valence-electron chi connectivity index (χ2n) is 5.47. The molecule has 0 fully saturated rings. The lowest BCUT2D eigenvalue weighted by Crippen LogP contribution is -2.23. The number of anilines is 1. The molecule has 0 unspecified atom stereocenters. The SMILES string of the molecule is C[C@H]1Cn2c(cc(OCc3cc(F)c(F)c(F)c3)nc2=O)N1C. The average Bonchev–Trinajstić information content (AvgIpc) is 2.79. The predicted molar refractivity (Wildman–Crippen MR) is 77.0 cm³/mol. The molecule has 0 radical (unpaired) electrons. The summed E-state index contributed by atoms with van der Waals surface area (Å²) in [6.45, 7) is 2.27. The first-order chi connectivity index (χ1) is 10.9. The molecule has 1 aromatic heterocycles. The third-order valence-corrected chi connectivity index (χ3v) is 3.87. The number of likely N-dealkylation sites (N-methyl/N-ethyl adjacent to an activating group) is 1. The molecule has 23 heavy (non-hydrogen) atoms. The number of halogens is 3. The molecule has 0 spiro atoms. The molecule has 1 aliphatic rings. The van der Waals surface area contributed by atoms with Gasteiger partial charge in [-0.05, 0) is 24.6 Å². The van der Waals surface area contributed by atoms with Gasteiger partial charge in [0.1, 0.15) is 12.4 Å². The number of hydrogen-bond acceptors (Lipinski definition) is 4. The second kappa shape index (κ2) is 5.60. The fourth-order valence-electron chi connectivity index (χ4n) is 2.47. The van der Waals surface area contributed by atoms with E-state index in [9.17, 15) is 18.0 Å². The van der Waals surface area contributed by atoms with Crippen molar-refractivity contribution in [2.75, 3.05) is 11.9 Å². The molecule has 0 saturated heterocycles. The summed E-state index contributed by atoms with van der Waals surface area (Å²) in [6.07, 6.45) is 0. The third kappa shape index (κ3) is 2.76. The van der Waals surface area contributed by atoms with Crippen molar-refractivity contribution < 1.29 is 17.9 Å². The lowest BCUT2D eigenvalue weighted by atomic mass is 10.2.